The van der Waals surface area contributed by atoms with E-state index in [4.69, 9.17) is 9.47 Å². The van der Waals surface area contributed by atoms with Gasteiger partial charge in [-0.05, 0) is 62.3 Å². The Balaban J connectivity index is 1.61. The van der Waals surface area contributed by atoms with Crippen LogP contribution in [0.15, 0.2) is 24.3 Å². The molecule has 1 aromatic carbocycles. The van der Waals surface area contributed by atoms with Crippen molar-refractivity contribution in [1.82, 2.24) is 5.32 Å². The van der Waals surface area contributed by atoms with Crippen LogP contribution in [0.4, 0.5) is 0 Å². The van der Waals surface area contributed by atoms with Gasteiger partial charge >= 0.3 is 0 Å². The molecular formula is C17H23NO3. The summed E-state index contributed by atoms with van der Waals surface area (Å²) in [7, 11) is 0. The number of carbonyl (C=O) groups excluding carboxylic acids is 1. The van der Waals surface area contributed by atoms with E-state index in [0.717, 1.165) is 38.2 Å². The van der Waals surface area contributed by atoms with Crippen molar-refractivity contribution >= 4 is 5.91 Å². The number of hydrogen-bond donors (Lipinski definition) is 1. The number of benzene rings is 1. The highest BCUT2D eigenvalue weighted by atomic mass is 16.5. The molecule has 2 fully saturated rings. The summed E-state index contributed by atoms with van der Waals surface area (Å²) in [5.74, 6) is 0.826. The number of hydrogen-bond acceptors (Lipinski definition) is 3. The Morgan fingerprint density at radius 2 is 2.00 bits per heavy atom. The van der Waals surface area contributed by atoms with Gasteiger partial charge in [0.15, 0.2) is 0 Å². The maximum atomic E-state index is 12.4. The van der Waals surface area contributed by atoms with Crippen LogP contribution in [-0.4, -0.2) is 31.8 Å². The van der Waals surface area contributed by atoms with Crippen molar-refractivity contribution in [3.05, 3.63) is 29.8 Å². The van der Waals surface area contributed by atoms with Crippen LogP contribution in [0.25, 0.3) is 0 Å². The van der Waals surface area contributed by atoms with E-state index in [1.165, 1.54) is 6.42 Å². The van der Waals surface area contributed by atoms with Crippen molar-refractivity contribution in [3.63, 3.8) is 0 Å². The molecule has 1 aliphatic carbocycles. The van der Waals surface area contributed by atoms with Crippen LogP contribution in [0.3, 0.4) is 0 Å². The predicted molar refractivity (Wildman–Crippen MR) is 80.6 cm³/mol. The molecule has 1 atom stereocenters. The molecule has 4 heteroatoms. The van der Waals surface area contributed by atoms with Crippen LogP contribution in [0.2, 0.25) is 0 Å². The molecule has 1 amide bonds. The summed E-state index contributed by atoms with van der Waals surface area (Å²) < 4.78 is 10.8. The molecule has 0 bridgehead atoms. The Bertz CT molecular complexity index is 491. The molecule has 21 heavy (non-hydrogen) atoms. The molecule has 2 aliphatic rings. The minimum absolute atomic E-state index is 0.0219. The van der Waals surface area contributed by atoms with Gasteiger partial charge in [-0.2, -0.15) is 0 Å². The molecule has 1 N–H and O–H groups in total. The lowest BCUT2D eigenvalue weighted by molar-refractivity contribution is -0.0523. The Hall–Kier alpha value is -1.55. The smallest absolute Gasteiger partial charge is 0.251 e. The van der Waals surface area contributed by atoms with E-state index in [2.05, 4.69) is 5.32 Å². The Morgan fingerprint density at radius 3 is 2.57 bits per heavy atom. The zero-order valence-electron chi connectivity index (χ0n) is 12.6. The summed E-state index contributed by atoms with van der Waals surface area (Å²) in [6.07, 6.45) is 4.44. The topological polar surface area (TPSA) is 47.6 Å². The summed E-state index contributed by atoms with van der Waals surface area (Å²) in [6, 6.07) is 7.67. The van der Waals surface area contributed by atoms with Crippen LogP contribution in [0, 0.1) is 5.41 Å². The molecule has 1 aromatic rings. The lowest BCUT2D eigenvalue weighted by atomic mass is 9.60. The minimum atomic E-state index is 0.0219. The Labute approximate surface area is 125 Å². The maximum absolute atomic E-state index is 12.4. The van der Waals surface area contributed by atoms with Crippen LogP contribution in [0.5, 0.6) is 5.75 Å². The van der Waals surface area contributed by atoms with E-state index in [1.54, 1.807) is 0 Å². The molecule has 1 aliphatic heterocycles. The molecule has 1 spiro atoms. The van der Waals surface area contributed by atoms with E-state index in [9.17, 15) is 4.79 Å². The van der Waals surface area contributed by atoms with Crippen LogP contribution < -0.4 is 10.1 Å². The Morgan fingerprint density at radius 1 is 1.29 bits per heavy atom. The van der Waals surface area contributed by atoms with Gasteiger partial charge in [-0.25, -0.2) is 0 Å². The lowest BCUT2D eigenvalue weighted by Gasteiger charge is -2.52. The van der Waals surface area contributed by atoms with Crippen molar-refractivity contribution in [2.24, 2.45) is 5.41 Å². The second-order valence-electron chi connectivity index (χ2n) is 6.00. The van der Waals surface area contributed by atoms with Gasteiger partial charge in [0.1, 0.15) is 5.75 Å². The normalized spacial score (nSPS) is 23.4. The Kier molecular flexibility index (Phi) is 4.15. The van der Waals surface area contributed by atoms with Crippen molar-refractivity contribution in [2.45, 2.75) is 38.6 Å². The largest absolute Gasteiger partial charge is 0.494 e. The fraction of sp³-hybridized carbons (Fsp3) is 0.588. The van der Waals surface area contributed by atoms with Crippen molar-refractivity contribution < 1.29 is 14.3 Å². The van der Waals surface area contributed by atoms with Gasteiger partial charge in [0.25, 0.3) is 5.91 Å². The highest BCUT2D eigenvalue weighted by molar-refractivity contribution is 5.94. The van der Waals surface area contributed by atoms with Gasteiger partial charge < -0.3 is 14.8 Å². The number of carbonyl (C=O) groups is 1. The monoisotopic (exact) mass is 289 g/mol. The number of nitrogens with one attached hydrogen (secondary N) is 1. The molecule has 0 aromatic heterocycles. The van der Waals surface area contributed by atoms with E-state index < -0.39 is 0 Å². The molecular weight excluding hydrogens is 266 g/mol. The van der Waals surface area contributed by atoms with Gasteiger partial charge in [0.2, 0.25) is 0 Å². The molecule has 4 nitrogen and oxygen atoms in total. The van der Waals surface area contributed by atoms with Gasteiger partial charge in [-0.1, -0.05) is 0 Å². The maximum Gasteiger partial charge on any atom is 0.251 e. The average molecular weight is 289 g/mol. The first-order chi connectivity index (χ1) is 10.2. The van der Waals surface area contributed by atoms with Gasteiger partial charge in [-0.15, -0.1) is 0 Å². The molecule has 0 radical (unpaired) electrons. The van der Waals surface area contributed by atoms with E-state index in [-0.39, 0.29) is 5.91 Å². The summed E-state index contributed by atoms with van der Waals surface area (Å²) in [5.41, 5.74) is 0.992. The van der Waals surface area contributed by atoms with Gasteiger partial charge in [-0.3, -0.25) is 4.79 Å². The summed E-state index contributed by atoms with van der Waals surface area (Å²) in [4.78, 5) is 12.4. The van der Waals surface area contributed by atoms with Crippen LogP contribution in [0.1, 0.15) is 43.0 Å². The van der Waals surface area contributed by atoms with Crippen LogP contribution in [-0.2, 0) is 4.74 Å². The molecule has 114 valence electrons. The SMILES string of the molecule is CCOc1ccc(C(=O)NC2CCC23CCOCC3)cc1. The second kappa shape index (κ2) is 6.06. The number of rotatable bonds is 4. The first kappa shape index (κ1) is 14.4. The van der Waals surface area contributed by atoms with E-state index >= 15 is 0 Å². The zero-order chi connectivity index (χ0) is 14.7. The van der Waals surface area contributed by atoms with Gasteiger partial charge in [0.05, 0.1) is 6.61 Å². The summed E-state index contributed by atoms with van der Waals surface area (Å²) in [6.45, 7) is 4.24. The fourth-order valence-electron chi connectivity index (χ4n) is 3.41. The molecule has 1 saturated carbocycles. The third-order valence-electron chi connectivity index (χ3n) is 4.89. The standard InChI is InChI=1S/C17H23NO3/c1-2-21-14-5-3-13(4-6-14)16(19)18-15-7-8-17(15)9-11-20-12-10-17/h3-6,15H,2,7-12H2,1H3,(H,18,19). The van der Waals surface area contributed by atoms with Crippen molar-refractivity contribution in [3.8, 4) is 5.75 Å². The van der Waals surface area contributed by atoms with E-state index in [0.29, 0.717) is 23.6 Å². The lowest BCUT2D eigenvalue weighted by Crippen LogP contribution is -2.57. The first-order valence-corrected chi connectivity index (χ1v) is 7.85. The second-order valence-corrected chi connectivity index (χ2v) is 6.00. The zero-order valence-corrected chi connectivity index (χ0v) is 12.6. The average Bonchev–Trinajstić information content (AvgIpc) is 2.53. The van der Waals surface area contributed by atoms with E-state index in [1.807, 2.05) is 31.2 Å². The highest BCUT2D eigenvalue weighted by Gasteiger charge is 2.47. The summed E-state index contributed by atoms with van der Waals surface area (Å²) in [5, 5.41) is 3.21. The molecule has 1 heterocycles. The highest BCUT2D eigenvalue weighted by Crippen LogP contribution is 2.48. The third-order valence-corrected chi connectivity index (χ3v) is 4.89. The molecule has 1 unspecified atom stereocenters. The van der Waals surface area contributed by atoms with Crippen molar-refractivity contribution in [2.75, 3.05) is 19.8 Å². The van der Waals surface area contributed by atoms with Crippen molar-refractivity contribution in [1.29, 1.82) is 0 Å². The fourth-order valence-corrected chi connectivity index (χ4v) is 3.41. The summed E-state index contributed by atoms with van der Waals surface area (Å²) >= 11 is 0. The quantitative estimate of drug-likeness (QED) is 0.927. The number of ether oxygens (including phenoxy) is 2. The van der Waals surface area contributed by atoms with Crippen LogP contribution >= 0.6 is 0 Å². The minimum Gasteiger partial charge on any atom is -0.494 e. The predicted octanol–water partition coefficient (Wildman–Crippen LogP) is 2.77. The third kappa shape index (κ3) is 2.91. The number of amides is 1. The molecule has 1 saturated heterocycles. The molecule has 3 rings (SSSR count). The first-order valence-electron chi connectivity index (χ1n) is 7.85. The van der Waals surface area contributed by atoms with Gasteiger partial charge in [0, 0.05) is 24.8 Å².